The molecule has 1 N–H and O–H groups in total. The normalized spacial score (nSPS) is 15.8. The summed E-state index contributed by atoms with van der Waals surface area (Å²) in [7, 11) is 0. The van der Waals surface area contributed by atoms with E-state index in [1.165, 1.54) is 0 Å². The van der Waals surface area contributed by atoms with E-state index in [2.05, 4.69) is 21.2 Å². The van der Waals surface area contributed by atoms with Crippen molar-refractivity contribution < 1.29 is 4.79 Å². The molecule has 2 aromatic rings. The number of benzene rings is 2. The third-order valence-electron chi connectivity index (χ3n) is 4.39. The zero-order valence-corrected chi connectivity index (χ0v) is 16.5. The van der Waals surface area contributed by atoms with Crippen molar-refractivity contribution in [3.63, 3.8) is 0 Å². The second-order valence-corrected chi connectivity index (χ2v) is 7.54. The maximum Gasteiger partial charge on any atom is 0.238 e. The number of carbonyl (C=O) groups is 1. The second-order valence-electron chi connectivity index (χ2n) is 6.32. The van der Waals surface area contributed by atoms with Gasteiger partial charge in [-0.1, -0.05) is 53.0 Å². The average Bonchev–Trinajstić information content (AvgIpc) is 2.62. The van der Waals surface area contributed by atoms with E-state index >= 15 is 0 Å². The molecule has 26 heavy (non-hydrogen) atoms. The van der Waals surface area contributed by atoms with Crippen molar-refractivity contribution in [1.29, 1.82) is 0 Å². The maximum atomic E-state index is 12.2. The third-order valence-corrected chi connectivity index (χ3v) is 5.50. The number of hydrogen-bond acceptors (Lipinski definition) is 3. The largest absolute Gasteiger partial charge is 0.325 e. The Morgan fingerprint density at radius 1 is 0.885 bits per heavy atom. The molecule has 1 amide bonds. The Morgan fingerprint density at radius 3 is 2.27 bits per heavy atom. The summed E-state index contributed by atoms with van der Waals surface area (Å²) < 4.78 is 0. The molecule has 0 aliphatic carbocycles. The van der Waals surface area contributed by atoms with Crippen molar-refractivity contribution in [3.8, 4) is 0 Å². The first-order valence-corrected chi connectivity index (χ1v) is 9.57. The molecule has 4 nitrogen and oxygen atoms in total. The molecule has 3 rings (SSSR count). The van der Waals surface area contributed by atoms with E-state index in [0.717, 1.165) is 43.3 Å². The third kappa shape index (κ3) is 5.35. The second kappa shape index (κ2) is 9.07. The number of nitrogens with zero attached hydrogens (tertiary/aromatic N) is 2. The topological polar surface area (TPSA) is 35.6 Å². The van der Waals surface area contributed by atoms with Gasteiger partial charge < -0.3 is 5.32 Å². The molecule has 0 spiro atoms. The van der Waals surface area contributed by atoms with Gasteiger partial charge in [0.05, 0.1) is 16.6 Å². The van der Waals surface area contributed by atoms with Crippen LogP contribution in [0, 0.1) is 0 Å². The summed E-state index contributed by atoms with van der Waals surface area (Å²) in [5, 5.41) is 4.56. The highest BCUT2D eigenvalue weighted by Gasteiger charge is 2.19. The van der Waals surface area contributed by atoms with Crippen LogP contribution in [-0.2, 0) is 11.3 Å². The van der Waals surface area contributed by atoms with E-state index in [4.69, 9.17) is 34.8 Å². The summed E-state index contributed by atoms with van der Waals surface area (Å²) in [6.07, 6.45) is 0. The Balaban J connectivity index is 1.45. The highest BCUT2D eigenvalue weighted by molar-refractivity contribution is 6.42. The number of hydrogen-bond donors (Lipinski definition) is 1. The van der Waals surface area contributed by atoms with Crippen molar-refractivity contribution in [2.45, 2.75) is 6.54 Å². The zero-order chi connectivity index (χ0) is 18.5. The molecule has 0 unspecified atom stereocenters. The monoisotopic (exact) mass is 411 g/mol. The van der Waals surface area contributed by atoms with Gasteiger partial charge in [0, 0.05) is 43.4 Å². The smallest absolute Gasteiger partial charge is 0.238 e. The Hall–Kier alpha value is -1.30. The van der Waals surface area contributed by atoms with Crippen LogP contribution in [0.15, 0.2) is 42.5 Å². The molecule has 0 saturated carbocycles. The van der Waals surface area contributed by atoms with Crippen LogP contribution in [0.5, 0.6) is 0 Å². The first kappa shape index (κ1) is 19.5. The molecule has 1 saturated heterocycles. The fourth-order valence-corrected chi connectivity index (χ4v) is 3.44. The van der Waals surface area contributed by atoms with Gasteiger partial charge in [-0.25, -0.2) is 0 Å². The van der Waals surface area contributed by atoms with Gasteiger partial charge in [-0.05, 0) is 29.8 Å². The van der Waals surface area contributed by atoms with Gasteiger partial charge in [0.2, 0.25) is 5.91 Å². The summed E-state index contributed by atoms with van der Waals surface area (Å²) in [5.41, 5.74) is 1.79. The predicted molar refractivity (Wildman–Crippen MR) is 108 cm³/mol. The molecule has 138 valence electrons. The molecule has 1 heterocycles. The standard InChI is InChI=1S/C19H20Cl3N3O/c20-16-4-2-1-3-14(16)12-24-7-9-25(10-8-24)13-19(26)23-15-5-6-17(21)18(22)11-15/h1-6,11H,7-10,12-13H2,(H,23,26). The fourth-order valence-electron chi connectivity index (χ4n) is 2.95. The number of carbonyl (C=O) groups excluding carboxylic acids is 1. The number of halogens is 3. The zero-order valence-electron chi connectivity index (χ0n) is 14.2. The van der Waals surface area contributed by atoms with Crippen LogP contribution < -0.4 is 5.32 Å². The lowest BCUT2D eigenvalue weighted by Gasteiger charge is -2.34. The highest BCUT2D eigenvalue weighted by atomic mass is 35.5. The minimum atomic E-state index is -0.0528. The minimum Gasteiger partial charge on any atom is -0.325 e. The van der Waals surface area contributed by atoms with Gasteiger partial charge in [0.1, 0.15) is 0 Å². The predicted octanol–water partition coefficient (Wildman–Crippen LogP) is 4.40. The Morgan fingerprint density at radius 2 is 1.58 bits per heavy atom. The van der Waals surface area contributed by atoms with E-state index in [1.807, 2.05) is 18.2 Å². The van der Waals surface area contributed by atoms with E-state index < -0.39 is 0 Å². The van der Waals surface area contributed by atoms with Gasteiger partial charge in [-0.3, -0.25) is 14.6 Å². The van der Waals surface area contributed by atoms with Crippen LogP contribution in [-0.4, -0.2) is 48.4 Å². The summed E-state index contributed by atoms with van der Waals surface area (Å²) in [4.78, 5) is 16.7. The van der Waals surface area contributed by atoms with Crippen molar-refractivity contribution in [2.24, 2.45) is 0 Å². The highest BCUT2D eigenvalue weighted by Crippen LogP contribution is 2.25. The number of rotatable bonds is 5. The van der Waals surface area contributed by atoms with Crippen LogP contribution in [0.3, 0.4) is 0 Å². The summed E-state index contributed by atoms with van der Waals surface area (Å²) >= 11 is 18.1. The number of anilines is 1. The lowest BCUT2D eigenvalue weighted by atomic mass is 10.2. The maximum absolute atomic E-state index is 12.2. The molecule has 0 atom stereocenters. The summed E-state index contributed by atoms with van der Waals surface area (Å²) in [6.45, 7) is 4.71. The van der Waals surface area contributed by atoms with E-state index in [0.29, 0.717) is 22.3 Å². The van der Waals surface area contributed by atoms with Crippen LogP contribution >= 0.6 is 34.8 Å². The lowest BCUT2D eigenvalue weighted by molar-refractivity contribution is -0.117. The minimum absolute atomic E-state index is 0.0528. The van der Waals surface area contributed by atoms with Crippen molar-refractivity contribution >= 4 is 46.4 Å². The van der Waals surface area contributed by atoms with Gasteiger partial charge in [0.25, 0.3) is 0 Å². The molecule has 1 fully saturated rings. The van der Waals surface area contributed by atoms with Crippen molar-refractivity contribution in [2.75, 3.05) is 38.0 Å². The van der Waals surface area contributed by atoms with E-state index in [-0.39, 0.29) is 5.91 Å². The van der Waals surface area contributed by atoms with Crippen molar-refractivity contribution in [1.82, 2.24) is 9.80 Å². The molecule has 7 heteroatoms. The number of nitrogens with one attached hydrogen (secondary N) is 1. The van der Waals surface area contributed by atoms with Crippen LogP contribution in [0.2, 0.25) is 15.1 Å². The summed E-state index contributed by atoms with van der Waals surface area (Å²) in [6, 6.07) is 13.0. The number of piperazine rings is 1. The summed E-state index contributed by atoms with van der Waals surface area (Å²) in [5.74, 6) is -0.0528. The van der Waals surface area contributed by atoms with Crippen molar-refractivity contribution in [3.05, 3.63) is 63.1 Å². The SMILES string of the molecule is O=C(CN1CCN(Cc2ccccc2Cl)CC1)Nc1ccc(Cl)c(Cl)c1. The first-order valence-electron chi connectivity index (χ1n) is 8.44. The molecular weight excluding hydrogens is 393 g/mol. The fraction of sp³-hybridized carbons (Fsp3) is 0.316. The molecular formula is C19H20Cl3N3O. The molecule has 2 aromatic carbocycles. The molecule has 0 aromatic heterocycles. The average molecular weight is 413 g/mol. The number of amides is 1. The lowest BCUT2D eigenvalue weighted by Crippen LogP contribution is -2.48. The van der Waals surface area contributed by atoms with Gasteiger partial charge in [0.15, 0.2) is 0 Å². The van der Waals surface area contributed by atoms with Gasteiger partial charge in [-0.2, -0.15) is 0 Å². The van der Waals surface area contributed by atoms with Gasteiger partial charge in [-0.15, -0.1) is 0 Å². The van der Waals surface area contributed by atoms with Crippen LogP contribution in [0.1, 0.15) is 5.56 Å². The Labute approximate surface area is 168 Å². The first-order chi connectivity index (χ1) is 12.5. The molecule has 1 aliphatic heterocycles. The Bertz CT molecular complexity index is 776. The quantitative estimate of drug-likeness (QED) is 0.790. The Kier molecular flexibility index (Phi) is 6.79. The molecule has 1 aliphatic rings. The van der Waals surface area contributed by atoms with E-state index in [9.17, 15) is 4.79 Å². The van der Waals surface area contributed by atoms with E-state index in [1.54, 1.807) is 18.2 Å². The van der Waals surface area contributed by atoms with Crippen LogP contribution in [0.4, 0.5) is 5.69 Å². The van der Waals surface area contributed by atoms with Crippen LogP contribution in [0.25, 0.3) is 0 Å². The molecule has 0 bridgehead atoms. The molecule has 0 radical (unpaired) electrons. The van der Waals surface area contributed by atoms with Gasteiger partial charge >= 0.3 is 0 Å².